The summed E-state index contributed by atoms with van der Waals surface area (Å²) in [6.07, 6.45) is 2.08. The van der Waals surface area contributed by atoms with Crippen molar-refractivity contribution >= 4 is 5.91 Å². The first-order valence-corrected chi connectivity index (χ1v) is 6.43. The Kier molecular flexibility index (Phi) is 6.15. The highest BCUT2D eigenvalue weighted by Gasteiger charge is 2.10. The molecule has 0 heterocycles. The molecule has 0 aromatic heterocycles. The number of phenols is 1. The van der Waals surface area contributed by atoms with Gasteiger partial charge in [-0.15, -0.1) is 0 Å². The number of amides is 1. The predicted octanol–water partition coefficient (Wildman–Crippen LogP) is 1.71. The Morgan fingerprint density at radius 1 is 1.47 bits per heavy atom. The van der Waals surface area contributed by atoms with Gasteiger partial charge in [-0.05, 0) is 32.4 Å². The third kappa shape index (κ3) is 5.18. The molecule has 0 radical (unpaired) electrons. The molecule has 0 aliphatic rings. The van der Waals surface area contributed by atoms with E-state index in [0.717, 1.165) is 24.9 Å². The van der Waals surface area contributed by atoms with Gasteiger partial charge in [0.2, 0.25) is 5.91 Å². The minimum Gasteiger partial charge on any atom is -0.507 e. The van der Waals surface area contributed by atoms with Crippen LogP contribution in [0.5, 0.6) is 11.5 Å². The zero-order valence-corrected chi connectivity index (χ0v) is 11.5. The van der Waals surface area contributed by atoms with Gasteiger partial charge in [0.15, 0.2) is 0 Å². The smallest absolute Gasteiger partial charge is 0.217 e. The number of hydrogen-bond donors (Lipinski definition) is 3. The van der Waals surface area contributed by atoms with Crippen molar-refractivity contribution in [1.82, 2.24) is 5.32 Å². The summed E-state index contributed by atoms with van der Waals surface area (Å²) in [5.41, 5.74) is 5.90. The Morgan fingerprint density at radius 2 is 2.21 bits per heavy atom. The summed E-state index contributed by atoms with van der Waals surface area (Å²) >= 11 is 0. The molecule has 5 heteroatoms. The minimum atomic E-state index is -0.263. The van der Waals surface area contributed by atoms with Crippen LogP contribution >= 0.6 is 0 Å². The lowest BCUT2D eigenvalue weighted by molar-refractivity contribution is -0.118. The lowest BCUT2D eigenvalue weighted by Gasteiger charge is -2.16. The van der Waals surface area contributed by atoms with Gasteiger partial charge in [0.05, 0.1) is 7.11 Å². The molecule has 1 atom stereocenters. The summed E-state index contributed by atoms with van der Waals surface area (Å²) < 4.78 is 5.04. The molecule has 106 valence electrons. The van der Waals surface area contributed by atoms with Gasteiger partial charge in [0, 0.05) is 24.1 Å². The SMILES string of the molecule is COc1ccc(C(C)NCCCCC(N)=O)c(O)c1. The van der Waals surface area contributed by atoms with Gasteiger partial charge >= 0.3 is 0 Å². The number of primary amides is 1. The van der Waals surface area contributed by atoms with Gasteiger partial charge in [-0.25, -0.2) is 0 Å². The van der Waals surface area contributed by atoms with Gasteiger partial charge < -0.3 is 20.9 Å². The number of unbranched alkanes of at least 4 members (excludes halogenated alkanes) is 1. The number of ether oxygens (including phenoxy) is 1. The van der Waals surface area contributed by atoms with Crippen LogP contribution in [0.1, 0.15) is 37.8 Å². The van der Waals surface area contributed by atoms with Crippen LogP contribution in [0.3, 0.4) is 0 Å². The van der Waals surface area contributed by atoms with Gasteiger partial charge in [-0.2, -0.15) is 0 Å². The Labute approximate surface area is 113 Å². The minimum absolute atomic E-state index is 0.0412. The molecule has 5 nitrogen and oxygen atoms in total. The van der Waals surface area contributed by atoms with E-state index in [1.165, 1.54) is 0 Å². The molecule has 1 unspecified atom stereocenters. The Hall–Kier alpha value is -1.75. The predicted molar refractivity (Wildman–Crippen MR) is 74.1 cm³/mol. The number of nitrogens with two attached hydrogens (primary N) is 1. The number of rotatable bonds is 8. The lowest BCUT2D eigenvalue weighted by Crippen LogP contribution is -2.20. The molecule has 0 bridgehead atoms. The molecule has 1 amide bonds. The van der Waals surface area contributed by atoms with Crippen LogP contribution in [-0.4, -0.2) is 24.7 Å². The molecule has 19 heavy (non-hydrogen) atoms. The van der Waals surface area contributed by atoms with Crippen LogP contribution in [0.25, 0.3) is 0 Å². The van der Waals surface area contributed by atoms with Crippen molar-refractivity contribution in [2.24, 2.45) is 5.73 Å². The third-order valence-corrected chi connectivity index (χ3v) is 3.00. The second-order valence-corrected chi connectivity index (χ2v) is 4.52. The van der Waals surface area contributed by atoms with Crippen molar-refractivity contribution in [3.05, 3.63) is 23.8 Å². The molecule has 0 aliphatic carbocycles. The maximum absolute atomic E-state index is 10.6. The fourth-order valence-corrected chi connectivity index (χ4v) is 1.87. The zero-order valence-electron chi connectivity index (χ0n) is 11.5. The fraction of sp³-hybridized carbons (Fsp3) is 0.500. The van der Waals surface area contributed by atoms with Crippen LogP contribution in [-0.2, 0) is 4.79 Å². The average molecular weight is 266 g/mol. The summed E-state index contributed by atoms with van der Waals surface area (Å²) in [6.45, 7) is 2.76. The number of nitrogens with one attached hydrogen (secondary N) is 1. The molecule has 1 rings (SSSR count). The van der Waals surface area contributed by atoms with E-state index in [9.17, 15) is 9.90 Å². The van der Waals surface area contributed by atoms with E-state index >= 15 is 0 Å². The summed E-state index contributed by atoms with van der Waals surface area (Å²) in [7, 11) is 1.56. The highest BCUT2D eigenvalue weighted by Crippen LogP contribution is 2.28. The number of hydrogen-bond acceptors (Lipinski definition) is 4. The van der Waals surface area contributed by atoms with E-state index < -0.39 is 0 Å². The van der Waals surface area contributed by atoms with Crippen molar-refractivity contribution in [3.63, 3.8) is 0 Å². The van der Waals surface area contributed by atoms with E-state index in [1.54, 1.807) is 13.2 Å². The number of phenolic OH excluding ortho intramolecular Hbond substituents is 1. The van der Waals surface area contributed by atoms with Gasteiger partial charge in [-0.3, -0.25) is 4.79 Å². The number of aromatic hydroxyl groups is 1. The first-order chi connectivity index (χ1) is 9.04. The van der Waals surface area contributed by atoms with Crippen molar-refractivity contribution in [1.29, 1.82) is 0 Å². The first-order valence-electron chi connectivity index (χ1n) is 6.43. The number of carbonyl (C=O) groups excluding carboxylic acids is 1. The highest BCUT2D eigenvalue weighted by atomic mass is 16.5. The molecule has 0 saturated heterocycles. The first kappa shape index (κ1) is 15.3. The number of methoxy groups -OCH3 is 1. The van der Waals surface area contributed by atoms with Gasteiger partial charge in [-0.1, -0.05) is 6.07 Å². The monoisotopic (exact) mass is 266 g/mol. The van der Waals surface area contributed by atoms with Crippen LogP contribution in [0, 0.1) is 0 Å². The number of carbonyl (C=O) groups is 1. The molecule has 1 aromatic rings. The maximum atomic E-state index is 10.6. The van der Waals surface area contributed by atoms with Crippen LogP contribution in [0.2, 0.25) is 0 Å². The largest absolute Gasteiger partial charge is 0.507 e. The highest BCUT2D eigenvalue weighted by molar-refractivity contribution is 5.73. The lowest BCUT2D eigenvalue weighted by atomic mass is 10.1. The van der Waals surface area contributed by atoms with E-state index in [0.29, 0.717) is 12.2 Å². The molecule has 0 aliphatic heterocycles. The molecular weight excluding hydrogens is 244 g/mol. The summed E-state index contributed by atoms with van der Waals surface area (Å²) in [4.78, 5) is 10.6. The Morgan fingerprint density at radius 3 is 2.79 bits per heavy atom. The van der Waals surface area contributed by atoms with Gasteiger partial charge in [0.1, 0.15) is 11.5 Å². The third-order valence-electron chi connectivity index (χ3n) is 3.00. The molecular formula is C14H22N2O3. The average Bonchev–Trinajstić information content (AvgIpc) is 2.37. The summed E-state index contributed by atoms with van der Waals surface area (Å²) in [5, 5.41) is 13.2. The standard InChI is InChI=1S/C14H22N2O3/c1-10(16-8-4-3-5-14(15)18)12-7-6-11(19-2)9-13(12)17/h6-7,9-10,16-17H,3-5,8H2,1-2H3,(H2,15,18). The molecule has 0 saturated carbocycles. The van der Waals surface area contributed by atoms with Crippen molar-refractivity contribution in [2.45, 2.75) is 32.2 Å². The summed E-state index contributed by atoms with van der Waals surface area (Å²) in [5.74, 6) is 0.590. The van der Waals surface area contributed by atoms with Gasteiger partial charge in [0.25, 0.3) is 0 Å². The maximum Gasteiger partial charge on any atom is 0.217 e. The van der Waals surface area contributed by atoms with Crippen LogP contribution in [0.4, 0.5) is 0 Å². The number of benzene rings is 1. The topological polar surface area (TPSA) is 84.6 Å². The van der Waals surface area contributed by atoms with Crippen molar-refractivity contribution in [3.8, 4) is 11.5 Å². The second-order valence-electron chi connectivity index (χ2n) is 4.52. The Bertz CT molecular complexity index is 421. The van der Waals surface area contributed by atoms with Crippen LogP contribution < -0.4 is 15.8 Å². The zero-order chi connectivity index (χ0) is 14.3. The van der Waals surface area contributed by atoms with E-state index in [1.807, 2.05) is 19.1 Å². The molecule has 0 spiro atoms. The normalized spacial score (nSPS) is 12.1. The van der Waals surface area contributed by atoms with Crippen LogP contribution in [0.15, 0.2) is 18.2 Å². The quantitative estimate of drug-likeness (QED) is 0.625. The second kappa shape index (κ2) is 7.63. The van der Waals surface area contributed by atoms with Crippen molar-refractivity contribution in [2.75, 3.05) is 13.7 Å². The van der Waals surface area contributed by atoms with Crippen molar-refractivity contribution < 1.29 is 14.6 Å². The van der Waals surface area contributed by atoms with E-state index in [4.69, 9.17) is 10.5 Å². The summed E-state index contributed by atoms with van der Waals surface area (Å²) in [6, 6.07) is 5.30. The fourth-order valence-electron chi connectivity index (χ4n) is 1.87. The van der Waals surface area contributed by atoms with E-state index in [2.05, 4.69) is 5.32 Å². The molecule has 0 fully saturated rings. The molecule has 4 N–H and O–H groups in total. The Balaban J connectivity index is 2.40. The molecule has 1 aromatic carbocycles. The van der Waals surface area contributed by atoms with E-state index in [-0.39, 0.29) is 17.7 Å².